The molecule has 0 spiro atoms. The first-order chi connectivity index (χ1) is 11.3. The molecule has 1 aliphatic rings. The first-order valence-corrected chi connectivity index (χ1v) is 9.50. The molecule has 1 heterocycles. The van der Waals surface area contributed by atoms with Crippen LogP contribution >= 0.6 is 0 Å². The lowest BCUT2D eigenvalue weighted by atomic mass is 10.1. The molecule has 0 N–H and O–H groups in total. The molecule has 1 aliphatic heterocycles. The smallest absolute Gasteiger partial charge is 0.254 e. The van der Waals surface area contributed by atoms with Crippen LogP contribution in [0.5, 0.6) is 0 Å². The van der Waals surface area contributed by atoms with Crippen LogP contribution in [0, 0.1) is 0 Å². The SMILES string of the molecule is C=CC(=O)N1CCN(C(=O)c2ccc(S(=O)(=O)CC)cc2)[C@@H](C)C1. The Morgan fingerprint density at radius 3 is 2.38 bits per heavy atom. The third kappa shape index (κ3) is 3.67. The van der Waals surface area contributed by atoms with Gasteiger partial charge in [-0.2, -0.15) is 0 Å². The van der Waals surface area contributed by atoms with E-state index in [0.717, 1.165) is 0 Å². The Labute approximate surface area is 142 Å². The number of piperazine rings is 1. The van der Waals surface area contributed by atoms with Gasteiger partial charge in [-0.1, -0.05) is 13.5 Å². The van der Waals surface area contributed by atoms with E-state index in [2.05, 4.69) is 6.58 Å². The number of rotatable bonds is 4. The van der Waals surface area contributed by atoms with E-state index in [1.165, 1.54) is 18.2 Å². The maximum Gasteiger partial charge on any atom is 0.254 e. The van der Waals surface area contributed by atoms with Gasteiger partial charge in [-0.3, -0.25) is 9.59 Å². The number of hydrogen-bond acceptors (Lipinski definition) is 4. The first-order valence-electron chi connectivity index (χ1n) is 7.85. The van der Waals surface area contributed by atoms with Gasteiger partial charge in [-0.05, 0) is 37.3 Å². The molecular weight excluding hydrogens is 328 g/mol. The average Bonchev–Trinajstić information content (AvgIpc) is 2.60. The Balaban J connectivity index is 2.12. The van der Waals surface area contributed by atoms with E-state index in [-0.39, 0.29) is 28.5 Å². The van der Waals surface area contributed by atoms with Crippen molar-refractivity contribution in [1.29, 1.82) is 0 Å². The fourth-order valence-corrected chi connectivity index (χ4v) is 3.61. The van der Waals surface area contributed by atoms with Crippen LogP contribution in [0.2, 0.25) is 0 Å². The van der Waals surface area contributed by atoms with Crippen molar-refractivity contribution in [3.8, 4) is 0 Å². The minimum absolute atomic E-state index is 0.0244. The largest absolute Gasteiger partial charge is 0.335 e. The lowest BCUT2D eigenvalue weighted by Gasteiger charge is -2.39. The summed E-state index contributed by atoms with van der Waals surface area (Å²) in [6, 6.07) is 5.90. The molecule has 0 radical (unpaired) electrons. The number of amides is 2. The van der Waals surface area contributed by atoms with E-state index in [1.54, 1.807) is 28.9 Å². The van der Waals surface area contributed by atoms with Crippen LogP contribution in [0.15, 0.2) is 41.8 Å². The first kappa shape index (κ1) is 18.2. The Morgan fingerprint density at radius 2 is 1.88 bits per heavy atom. The molecule has 0 aliphatic carbocycles. The second-order valence-electron chi connectivity index (χ2n) is 5.76. The van der Waals surface area contributed by atoms with Crippen molar-refractivity contribution in [2.24, 2.45) is 0 Å². The molecule has 0 saturated carbocycles. The molecule has 2 amide bonds. The fraction of sp³-hybridized carbons (Fsp3) is 0.412. The van der Waals surface area contributed by atoms with Gasteiger partial charge in [0.15, 0.2) is 9.84 Å². The van der Waals surface area contributed by atoms with E-state index in [0.29, 0.717) is 25.2 Å². The predicted octanol–water partition coefficient (Wildman–Crippen LogP) is 1.34. The molecule has 0 aromatic heterocycles. The number of sulfone groups is 1. The summed E-state index contributed by atoms with van der Waals surface area (Å²) in [6.07, 6.45) is 1.27. The molecular formula is C17H22N2O4S. The molecule has 130 valence electrons. The summed E-state index contributed by atoms with van der Waals surface area (Å²) >= 11 is 0. The van der Waals surface area contributed by atoms with Gasteiger partial charge in [0.05, 0.1) is 10.6 Å². The molecule has 6 nitrogen and oxygen atoms in total. The van der Waals surface area contributed by atoms with Crippen molar-refractivity contribution in [2.75, 3.05) is 25.4 Å². The van der Waals surface area contributed by atoms with Crippen molar-refractivity contribution in [3.05, 3.63) is 42.5 Å². The van der Waals surface area contributed by atoms with Gasteiger partial charge in [-0.15, -0.1) is 0 Å². The third-order valence-corrected chi connectivity index (χ3v) is 5.97. The summed E-state index contributed by atoms with van der Waals surface area (Å²) in [5.74, 6) is -0.270. The van der Waals surface area contributed by atoms with Gasteiger partial charge in [-0.25, -0.2) is 8.42 Å². The van der Waals surface area contributed by atoms with E-state index >= 15 is 0 Å². The van der Waals surface area contributed by atoms with Gasteiger partial charge in [0.2, 0.25) is 5.91 Å². The zero-order valence-corrected chi connectivity index (χ0v) is 14.8. The zero-order chi connectivity index (χ0) is 17.9. The van der Waals surface area contributed by atoms with Crippen molar-refractivity contribution < 1.29 is 18.0 Å². The van der Waals surface area contributed by atoms with Crippen LogP contribution in [0.25, 0.3) is 0 Å². The van der Waals surface area contributed by atoms with Crippen molar-refractivity contribution >= 4 is 21.7 Å². The highest BCUT2D eigenvalue weighted by molar-refractivity contribution is 7.91. The maximum absolute atomic E-state index is 12.6. The van der Waals surface area contributed by atoms with Gasteiger partial charge >= 0.3 is 0 Å². The van der Waals surface area contributed by atoms with Crippen molar-refractivity contribution in [2.45, 2.75) is 24.8 Å². The van der Waals surface area contributed by atoms with E-state index < -0.39 is 9.84 Å². The normalized spacial score (nSPS) is 18.3. The molecule has 1 aromatic rings. The molecule has 1 atom stereocenters. The summed E-state index contributed by atoms with van der Waals surface area (Å²) in [5.41, 5.74) is 0.445. The van der Waals surface area contributed by atoms with Gasteiger partial charge in [0.1, 0.15) is 0 Å². The van der Waals surface area contributed by atoms with Crippen LogP contribution in [0.4, 0.5) is 0 Å². The highest BCUT2D eigenvalue weighted by Gasteiger charge is 2.29. The number of carbonyl (C=O) groups excluding carboxylic acids is 2. The van der Waals surface area contributed by atoms with Crippen LogP contribution < -0.4 is 0 Å². The molecule has 2 rings (SSSR count). The van der Waals surface area contributed by atoms with E-state index in [9.17, 15) is 18.0 Å². The molecule has 24 heavy (non-hydrogen) atoms. The second kappa shape index (κ2) is 7.17. The zero-order valence-electron chi connectivity index (χ0n) is 13.9. The molecule has 1 aromatic carbocycles. The highest BCUT2D eigenvalue weighted by atomic mass is 32.2. The topological polar surface area (TPSA) is 74.8 Å². The van der Waals surface area contributed by atoms with E-state index in [1.807, 2.05) is 6.92 Å². The maximum atomic E-state index is 12.6. The van der Waals surface area contributed by atoms with Crippen LogP contribution in [0.3, 0.4) is 0 Å². The van der Waals surface area contributed by atoms with E-state index in [4.69, 9.17) is 0 Å². The fourth-order valence-electron chi connectivity index (χ4n) is 2.73. The van der Waals surface area contributed by atoms with Crippen molar-refractivity contribution in [3.63, 3.8) is 0 Å². The Kier molecular flexibility index (Phi) is 5.43. The number of carbonyl (C=O) groups is 2. The standard InChI is InChI=1S/C17H22N2O4S/c1-4-16(20)18-10-11-19(13(3)12-18)17(21)14-6-8-15(9-7-14)24(22,23)5-2/h4,6-9,13H,1,5,10-12H2,2-3H3/t13-/m0/s1. The van der Waals surface area contributed by atoms with Gasteiger partial charge < -0.3 is 9.80 Å². The molecule has 1 saturated heterocycles. The second-order valence-corrected chi connectivity index (χ2v) is 8.04. The van der Waals surface area contributed by atoms with Gasteiger partial charge in [0.25, 0.3) is 5.91 Å². The number of nitrogens with zero attached hydrogens (tertiary/aromatic N) is 2. The Morgan fingerprint density at radius 1 is 1.25 bits per heavy atom. The summed E-state index contributed by atoms with van der Waals surface area (Å²) in [4.78, 5) is 27.9. The molecule has 1 fully saturated rings. The predicted molar refractivity (Wildman–Crippen MR) is 91.4 cm³/mol. The van der Waals surface area contributed by atoms with Crippen LogP contribution in [-0.4, -0.2) is 61.5 Å². The summed E-state index contributed by atoms with van der Waals surface area (Å²) in [5, 5.41) is 0. The minimum atomic E-state index is -3.27. The lowest BCUT2D eigenvalue weighted by Crippen LogP contribution is -2.55. The number of hydrogen-bond donors (Lipinski definition) is 0. The molecule has 0 bridgehead atoms. The highest BCUT2D eigenvalue weighted by Crippen LogP contribution is 2.17. The average molecular weight is 350 g/mol. The molecule has 0 unspecified atom stereocenters. The minimum Gasteiger partial charge on any atom is -0.335 e. The number of benzene rings is 1. The Hall–Kier alpha value is -2.15. The van der Waals surface area contributed by atoms with Crippen LogP contribution in [-0.2, 0) is 14.6 Å². The Bertz CT molecular complexity index is 740. The lowest BCUT2D eigenvalue weighted by molar-refractivity contribution is -0.128. The summed E-state index contributed by atoms with van der Waals surface area (Å²) in [7, 11) is -3.27. The summed E-state index contributed by atoms with van der Waals surface area (Å²) in [6.45, 7) is 8.30. The van der Waals surface area contributed by atoms with Crippen LogP contribution in [0.1, 0.15) is 24.2 Å². The monoisotopic (exact) mass is 350 g/mol. The van der Waals surface area contributed by atoms with Crippen molar-refractivity contribution in [1.82, 2.24) is 9.80 Å². The molecule has 7 heteroatoms. The summed E-state index contributed by atoms with van der Waals surface area (Å²) < 4.78 is 23.6. The quantitative estimate of drug-likeness (QED) is 0.768. The van der Waals surface area contributed by atoms with Gasteiger partial charge in [0, 0.05) is 31.2 Å². The third-order valence-electron chi connectivity index (χ3n) is 4.22.